The molecule has 1 aromatic carbocycles. The van der Waals surface area contributed by atoms with Crippen LogP contribution in [-0.4, -0.2) is 19.0 Å². The van der Waals surface area contributed by atoms with Crippen LogP contribution in [0.25, 0.3) is 0 Å². The van der Waals surface area contributed by atoms with E-state index >= 15 is 0 Å². The summed E-state index contributed by atoms with van der Waals surface area (Å²) in [6.45, 7) is 1.71. The zero-order valence-electron chi connectivity index (χ0n) is 7.55. The van der Waals surface area contributed by atoms with Crippen molar-refractivity contribution in [2.75, 3.05) is 18.8 Å². The summed E-state index contributed by atoms with van der Waals surface area (Å²) in [5.74, 6) is 0.289. The van der Waals surface area contributed by atoms with E-state index in [-0.39, 0.29) is 5.69 Å². The molecule has 1 heterocycles. The molecule has 1 saturated heterocycles. The normalized spacial score (nSPS) is 14.8. The number of nitrogen functional groups attached to an aromatic ring is 1. The van der Waals surface area contributed by atoms with Gasteiger partial charge in [-0.05, 0) is 18.2 Å². The van der Waals surface area contributed by atoms with Crippen molar-refractivity contribution in [1.29, 1.82) is 0 Å². The Bertz CT molecular complexity index is 367. The molecule has 0 bridgehead atoms. The number of hydrogen-bond acceptors (Lipinski definition) is 2. The number of nitrogens with one attached hydrogen (secondary N) is 2. The highest BCUT2D eigenvalue weighted by atomic mass is 19.1. The smallest absolute Gasteiger partial charge is 0.196 e. The van der Waals surface area contributed by atoms with E-state index in [0.717, 1.165) is 13.1 Å². The SMILES string of the molecule is Nc1cc(N=C2NCCN2)ccc1F. The first kappa shape index (κ1) is 8.80. The minimum Gasteiger partial charge on any atom is -0.396 e. The Kier molecular flexibility index (Phi) is 2.22. The van der Waals surface area contributed by atoms with Crippen LogP contribution in [0.1, 0.15) is 0 Å². The van der Waals surface area contributed by atoms with E-state index in [1.54, 1.807) is 6.07 Å². The molecule has 5 heteroatoms. The van der Waals surface area contributed by atoms with Gasteiger partial charge in [0.2, 0.25) is 0 Å². The van der Waals surface area contributed by atoms with Gasteiger partial charge in [-0.25, -0.2) is 9.38 Å². The standard InChI is InChI=1S/C9H11FN4/c10-7-2-1-6(5-8(7)11)14-9-12-3-4-13-9/h1-2,5H,3-4,11H2,(H2,12,13,14). The Labute approximate surface area is 81.0 Å². The maximum absolute atomic E-state index is 12.8. The van der Waals surface area contributed by atoms with Crippen molar-refractivity contribution in [1.82, 2.24) is 10.6 Å². The fourth-order valence-electron chi connectivity index (χ4n) is 1.23. The lowest BCUT2D eigenvalue weighted by atomic mass is 10.3. The first-order valence-electron chi connectivity index (χ1n) is 4.37. The molecule has 0 aliphatic carbocycles. The number of aliphatic imine (C=N–C) groups is 1. The van der Waals surface area contributed by atoms with Gasteiger partial charge in [-0.3, -0.25) is 0 Å². The van der Waals surface area contributed by atoms with Crippen LogP contribution in [-0.2, 0) is 0 Å². The molecular weight excluding hydrogens is 183 g/mol. The molecule has 1 aliphatic heterocycles. The molecule has 0 aromatic heterocycles. The highest BCUT2D eigenvalue weighted by Crippen LogP contribution is 2.18. The molecular formula is C9H11FN4. The lowest BCUT2D eigenvalue weighted by Crippen LogP contribution is -2.23. The van der Waals surface area contributed by atoms with Crippen LogP contribution < -0.4 is 16.4 Å². The van der Waals surface area contributed by atoms with Crippen LogP contribution in [0.15, 0.2) is 23.2 Å². The third-order valence-corrected chi connectivity index (χ3v) is 1.93. The van der Waals surface area contributed by atoms with Crippen LogP contribution in [0.3, 0.4) is 0 Å². The molecule has 74 valence electrons. The predicted octanol–water partition coefficient (Wildman–Crippen LogP) is 0.588. The third-order valence-electron chi connectivity index (χ3n) is 1.93. The van der Waals surface area contributed by atoms with Gasteiger partial charge < -0.3 is 16.4 Å². The lowest BCUT2D eigenvalue weighted by molar-refractivity contribution is 0.632. The van der Waals surface area contributed by atoms with Gasteiger partial charge in [-0.1, -0.05) is 0 Å². The minimum absolute atomic E-state index is 0.116. The molecule has 1 fully saturated rings. The van der Waals surface area contributed by atoms with E-state index in [2.05, 4.69) is 15.6 Å². The van der Waals surface area contributed by atoms with E-state index in [4.69, 9.17) is 5.73 Å². The van der Waals surface area contributed by atoms with E-state index < -0.39 is 5.82 Å². The summed E-state index contributed by atoms with van der Waals surface area (Å²) in [4.78, 5) is 4.21. The highest BCUT2D eigenvalue weighted by Gasteiger charge is 2.05. The first-order valence-corrected chi connectivity index (χ1v) is 4.37. The largest absolute Gasteiger partial charge is 0.396 e. The summed E-state index contributed by atoms with van der Waals surface area (Å²) in [6.07, 6.45) is 0. The molecule has 4 N–H and O–H groups in total. The van der Waals surface area contributed by atoms with E-state index in [1.807, 2.05) is 0 Å². The van der Waals surface area contributed by atoms with Gasteiger partial charge in [0.05, 0.1) is 11.4 Å². The number of anilines is 1. The monoisotopic (exact) mass is 194 g/mol. The second-order valence-corrected chi connectivity index (χ2v) is 3.02. The van der Waals surface area contributed by atoms with Gasteiger partial charge in [0, 0.05) is 13.1 Å². The number of nitrogens with zero attached hydrogens (tertiary/aromatic N) is 1. The van der Waals surface area contributed by atoms with Crippen molar-refractivity contribution in [2.24, 2.45) is 4.99 Å². The van der Waals surface area contributed by atoms with Crippen molar-refractivity contribution < 1.29 is 4.39 Å². The number of benzene rings is 1. The van der Waals surface area contributed by atoms with Gasteiger partial charge in [-0.15, -0.1) is 0 Å². The average Bonchev–Trinajstić information content (AvgIpc) is 2.64. The summed E-state index contributed by atoms with van der Waals surface area (Å²) in [5, 5.41) is 6.09. The Morgan fingerprint density at radius 2 is 2.00 bits per heavy atom. The summed E-state index contributed by atoms with van der Waals surface area (Å²) in [5.41, 5.74) is 6.17. The maximum Gasteiger partial charge on any atom is 0.196 e. The number of rotatable bonds is 1. The molecule has 4 nitrogen and oxygen atoms in total. The topological polar surface area (TPSA) is 62.4 Å². The maximum atomic E-state index is 12.8. The molecule has 0 spiro atoms. The average molecular weight is 194 g/mol. The number of hydrogen-bond donors (Lipinski definition) is 3. The molecule has 0 saturated carbocycles. The first-order chi connectivity index (χ1) is 6.75. The van der Waals surface area contributed by atoms with Crippen molar-refractivity contribution in [3.05, 3.63) is 24.0 Å². The van der Waals surface area contributed by atoms with E-state index in [9.17, 15) is 4.39 Å². The molecule has 14 heavy (non-hydrogen) atoms. The number of halogens is 1. The fourth-order valence-corrected chi connectivity index (χ4v) is 1.23. The van der Waals surface area contributed by atoms with Crippen LogP contribution >= 0.6 is 0 Å². The Hall–Kier alpha value is -1.78. The highest BCUT2D eigenvalue weighted by molar-refractivity contribution is 5.84. The Morgan fingerprint density at radius 1 is 1.29 bits per heavy atom. The Morgan fingerprint density at radius 3 is 2.64 bits per heavy atom. The zero-order chi connectivity index (χ0) is 9.97. The van der Waals surface area contributed by atoms with Gasteiger partial charge in [0.25, 0.3) is 0 Å². The summed E-state index contributed by atoms with van der Waals surface area (Å²) in [7, 11) is 0. The van der Waals surface area contributed by atoms with Crippen molar-refractivity contribution in [2.45, 2.75) is 0 Å². The number of guanidine groups is 1. The Balaban J connectivity index is 2.24. The predicted molar refractivity (Wildman–Crippen MR) is 53.9 cm³/mol. The summed E-state index contributed by atoms with van der Waals surface area (Å²) in [6, 6.07) is 4.40. The number of nitrogens with two attached hydrogens (primary N) is 1. The third kappa shape index (κ3) is 1.76. The van der Waals surface area contributed by atoms with Crippen LogP contribution in [0.4, 0.5) is 15.8 Å². The molecule has 0 atom stereocenters. The van der Waals surface area contributed by atoms with E-state index in [0.29, 0.717) is 11.6 Å². The molecule has 0 amide bonds. The van der Waals surface area contributed by atoms with Crippen molar-refractivity contribution in [3.8, 4) is 0 Å². The van der Waals surface area contributed by atoms with E-state index in [1.165, 1.54) is 12.1 Å². The van der Waals surface area contributed by atoms with Gasteiger partial charge in [0.1, 0.15) is 5.82 Å². The van der Waals surface area contributed by atoms with Gasteiger partial charge in [0.15, 0.2) is 5.96 Å². The fraction of sp³-hybridized carbons (Fsp3) is 0.222. The second-order valence-electron chi connectivity index (χ2n) is 3.02. The molecule has 0 radical (unpaired) electrons. The van der Waals surface area contributed by atoms with Crippen LogP contribution in [0.5, 0.6) is 0 Å². The van der Waals surface area contributed by atoms with Crippen LogP contribution in [0, 0.1) is 5.82 Å². The van der Waals surface area contributed by atoms with Crippen LogP contribution in [0.2, 0.25) is 0 Å². The second kappa shape index (κ2) is 3.53. The minimum atomic E-state index is -0.415. The summed E-state index contributed by atoms with van der Waals surface area (Å²) < 4.78 is 12.8. The quantitative estimate of drug-likeness (QED) is 0.573. The van der Waals surface area contributed by atoms with Gasteiger partial charge >= 0.3 is 0 Å². The molecule has 2 rings (SSSR count). The summed E-state index contributed by atoms with van der Waals surface area (Å²) >= 11 is 0. The van der Waals surface area contributed by atoms with Gasteiger partial charge in [-0.2, -0.15) is 0 Å². The molecule has 0 unspecified atom stereocenters. The molecule has 1 aromatic rings. The zero-order valence-corrected chi connectivity index (χ0v) is 7.55. The molecule has 1 aliphatic rings. The van der Waals surface area contributed by atoms with Crippen molar-refractivity contribution >= 4 is 17.3 Å². The van der Waals surface area contributed by atoms with Crippen molar-refractivity contribution in [3.63, 3.8) is 0 Å². The lowest BCUT2D eigenvalue weighted by Gasteiger charge is -2.00.